The molecule has 0 fully saturated rings. The van der Waals surface area contributed by atoms with Gasteiger partial charge in [-0.1, -0.05) is 6.07 Å². The molecule has 0 aliphatic heterocycles. The molecule has 0 atom stereocenters. The van der Waals surface area contributed by atoms with Gasteiger partial charge in [0.05, 0.1) is 0 Å². The molecule has 94 valence electrons. The van der Waals surface area contributed by atoms with Crippen molar-refractivity contribution in [2.45, 2.75) is 13.3 Å². The van der Waals surface area contributed by atoms with Crippen molar-refractivity contribution in [3.8, 4) is 0 Å². The second-order valence-electron chi connectivity index (χ2n) is 3.36. The number of nitrogens with zero attached hydrogens (tertiary/aromatic N) is 1. The van der Waals surface area contributed by atoms with Crippen molar-refractivity contribution in [3.63, 3.8) is 0 Å². The van der Waals surface area contributed by atoms with E-state index in [9.17, 15) is 4.79 Å². The molecule has 4 N–H and O–H groups in total. The van der Waals surface area contributed by atoms with Crippen molar-refractivity contribution in [3.05, 3.63) is 23.9 Å². The molecule has 0 aromatic carbocycles. The molecule has 0 spiro atoms. The van der Waals surface area contributed by atoms with Gasteiger partial charge in [0.15, 0.2) is 0 Å². The fourth-order valence-electron chi connectivity index (χ4n) is 1.25. The summed E-state index contributed by atoms with van der Waals surface area (Å²) in [6.07, 6.45) is 0.786. The highest BCUT2D eigenvalue weighted by atomic mass is 16.5. The van der Waals surface area contributed by atoms with Crippen LogP contribution in [0.1, 0.15) is 23.8 Å². The molecule has 1 aromatic rings. The first kappa shape index (κ1) is 13.4. The van der Waals surface area contributed by atoms with Crippen LogP contribution in [-0.4, -0.2) is 30.6 Å². The van der Waals surface area contributed by atoms with E-state index in [0.717, 1.165) is 6.42 Å². The molecular formula is C11H18N4O2. The Hall–Kier alpha value is -1.66. The fourth-order valence-corrected chi connectivity index (χ4v) is 1.25. The predicted octanol–water partition coefficient (Wildman–Crippen LogP) is 0.524. The lowest BCUT2D eigenvalue weighted by Gasteiger charge is -2.06. The summed E-state index contributed by atoms with van der Waals surface area (Å²) in [5.74, 6) is 5.47. The second kappa shape index (κ2) is 7.59. The number of anilines is 1. The summed E-state index contributed by atoms with van der Waals surface area (Å²) in [5, 5.41) is 2.76. The molecule has 0 aliphatic carbocycles. The largest absolute Gasteiger partial charge is 0.382 e. The molecular weight excluding hydrogens is 220 g/mol. The van der Waals surface area contributed by atoms with Crippen LogP contribution in [0.5, 0.6) is 0 Å². The Morgan fingerprint density at radius 3 is 3.06 bits per heavy atom. The monoisotopic (exact) mass is 238 g/mol. The zero-order valence-corrected chi connectivity index (χ0v) is 9.90. The van der Waals surface area contributed by atoms with Crippen molar-refractivity contribution in [1.29, 1.82) is 0 Å². The van der Waals surface area contributed by atoms with E-state index in [1.165, 1.54) is 0 Å². The maximum Gasteiger partial charge on any atom is 0.269 e. The van der Waals surface area contributed by atoms with E-state index in [2.05, 4.69) is 15.7 Å². The summed E-state index contributed by atoms with van der Waals surface area (Å²) < 4.78 is 5.16. The van der Waals surface area contributed by atoms with E-state index in [1.54, 1.807) is 18.2 Å². The lowest BCUT2D eigenvalue weighted by Crippen LogP contribution is -2.26. The smallest absolute Gasteiger partial charge is 0.269 e. The van der Waals surface area contributed by atoms with Crippen molar-refractivity contribution in [2.24, 2.45) is 5.84 Å². The lowest BCUT2D eigenvalue weighted by molar-refractivity contribution is 0.0939. The lowest BCUT2D eigenvalue weighted by atomic mass is 10.3. The first-order valence-electron chi connectivity index (χ1n) is 5.57. The van der Waals surface area contributed by atoms with E-state index in [4.69, 9.17) is 10.6 Å². The van der Waals surface area contributed by atoms with Crippen molar-refractivity contribution >= 4 is 11.7 Å². The van der Waals surface area contributed by atoms with Crippen LogP contribution in [0.4, 0.5) is 5.82 Å². The Morgan fingerprint density at radius 1 is 1.53 bits per heavy atom. The fraction of sp³-hybridized carbons (Fsp3) is 0.455. The topological polar surface area (TPSA) is 89.3 Å². The summed E-state index contributed by atoms with van der Waals surface area (Å²) >= 11 is 0. The summed E-state index contributed by atoms with van der Waals surface area (Å²) in [6, 6.07) is 5.04. The van der Waals surface area contributed by atoms with E-state index in [1.807, 2.05) is 6.92 Å². The third kappa shape index (κ3) is 4.80. The van der Waals surface area contributed by atoms with Crippen LogP contribution in [0, 0.1) is 0 Å². The summed E-state index contributed by atoms with van der Waals surface area (Å²) in [6.45, 7) is 3.85. The number of nitrogens with one attached hydrogen (secondary N) is 2. The van der Waals surface area contributed by atoms with Gasteiger partial charge in [-0.2, -0.15) is 0 Å². The Labute approximate surface area is 101 Å². The van der Waals surface area contributed by atoms with Gasteiger partial charge in [-0.05, 0) is 25.5 Å². The highest BCUT2D eigenvalue weighted by Crippen LogP contribution is 2.02. The van der Waals surface area contributed by atoms with Gasteiger partial charge in [0.1, 0.15) is 11.5 Å². The van der Waals surface area contributed by atoms with Crippen molar-refractivity contribution in [2.75, 3.05) is 25.2 Å². The molecule has 0 saturated heterocycles. The van der Waals surface area contributed by atoms with E-state index in [-0.39, 0.29) is 5.91 Å². The number of carbonyl (C=O) groups is 1. The standard InChI is InChI=1S/C11H18N4O2/c1-2-17-8-4-7-13-11(16)9-5-3-6-10(14-9)15-12/h3,5-6H,2,4,7-8,12H2,1H3,(H,13,16)(H,14,15). The Balaban J connectivity index is 2.36. The SMILES string of the molecule is CCOCCCNC(=O)c1cccc(NN)n1. The number of ether oxygens (including phenoxy) is 1. The molecule has 0 aliphatic rings. The minimum atomic E-state index is -0.210. The number of aromatic nitrogens is 1. The number of carbonyl (C=O) groups excluding carboxylic acids is 1. The van der Waals surface area contributed by atoms with Gasteiger partial charge >= 0.3 is 0 Å². The molecule has 6 nitrogen and oxygen atoms in total. The van der Waals surface area contributed by atoms with Gasteiger partial charge in [-0.3, -0.25) is 4.79 Å². The maximum absolute atomic E-state index is 11.7. The molecule has 1 amide bonds. The molecule has 17 heavy (non-hydrogen) atoms. The van der Waals surface area contributed by atoms with Gasteiger partial charge in [0, 0.05) is 19.8 Å². The van der Waals surface area contributed by atoms with Crippen LogP contribution in [0.15, 0.2) is 18.2 Å². The molecule has 0 radical (unpaired) electrons. The molecule has 1 aromatic heterocycles. The van der Waals surface area contributed by atoms with Gasteiger partial charge in [-0.25, -0.2) is 10.8 Å². The van der Waals surface area contributed by atoms with Gasteiger partial charge in [-0.15, -0.1) is 0 Å². The number of rotatable bonds is 7. The molecule has 0 saturated carbocycles. The first-order valence-corrected chi connectivity index (χ1v) is 5.57. The molecule has 6 heteroatoms. The predicted molar refractivity (Wildman–Crippen MR) is 65.5 cm³/mol. The van der Waals surface area contributed by atoms with Crippen LogP contribution in [0.3, 0.4) is 0 Å². The zero-order valence-electron chi connectivity index (χ0n) is 9.90. The Kier molecular flexibility index (Phi) is 5.98. The van der Waals surface area contributed by atoms with Crippen LogP contribution in [-0.2, 0) is 4.74 Å². The zero-order chi connectivity index (χ0) is 12.5. The number of nitrogens with two attached hydrogens (primary N) is 1. The normalized spacial score (nSPS) is 10.0. The van der Waals surface area contributed by atoms with Crippen LogP contribution >= 0.6 is 0 Å². The highest BCUT2D eigenvalue weighted by molar-refractivity contribution is 5.92. The van der Waals surface area contributed by atoms with Crippen LogP contribution in [0.2, 0.25) is 0 Å². The van der Waals surface area contributed by atoms with E-state index < -0.39 is 0 Å². The number of amides is 1. The molecule has 0 unspecified atom stereocenters. The van der Waals surface area contributed by atoms with Crippen molar-refractivity contribution < 1.29 is 9.53 Å². The number of hydrazine groups is 1. The van der Waals surface area contributed by atoms with E-state index >= 15 is 0 Å². The number of pyridine rings is 1. The minimum absolute atomic E-state index is 0.210. The van der Waals surface area contributed by atoms with Crippen molar-refractivity contribution in [1.82, 2.24) is 10.3 Å². The number of nitrogen functional groups attached to an aromatic ring is 1. The average molecular weight is 238 g/mol. The van der Waals surface area contributed by atoms with Gasteiger partial charge in [0.2, 0.25) is 0 Å². The number of hydrogen-bond acceptors (Lipinski definition) is 5. The quantitative estimate of drug-likeness (QED) is 0.366. The first-order chi connectivity index (χ1) is 8.27. The average Bonchev–Trinajstić information content (AvgIpc) is 2.38. The maximum atomic E-state index is 11.7. The Bertz CT molecular complexity index is 357. The summed E-state index contributed by atoms with van der Waals surface area (Å²) in [5.41, 5.74) is 2.74. The third-order valence-electron chi connectivity index (χ3n) is 2.08. The van der Waals surface area contributed by atoms with Gasteiger partial charge < -0.3 is 15.5 Å². The number of hydrogen-bond donors (Lipinski definition) is 3. The summed E-state index contributed by atoms with van der Waals surface area (Å²) in [4.78, 5) is 15.7. The molecule has 1 rings (SSSR count). The Morgan fingerprint density at radius 2 is 2.35 bits per heavy atom. The minimum Gasteiger partial charge on any atom is -0.382 e. The summed E-state index contributed by atoms with van der Waals surface area (Å²) in [7, 11) is 0. The highest BCUT2D eigenvalue weighted by Gasteiger charge is 2.06. The third-order valence-corrected chi connectivity index (χ3v) is 2.08. The van der Waals surface area contributed by atoms with Crippen LogP contribution in [0.25, 0.3) is 0 Å². The second-order valence-corrected chi connectivity index (χ2v) is 3.36. The van der Waals surface area contributed by atoms with E-state index in [0.29, 0.717) is 31.3 Å². The molecule has 0 bridgehead atoms. The molecule has 1 heterocycles. The van der Waals surface area contributed by atoms with Crippen LogP contribution < -0.4 is 16.6 Å². The van der Waals surface area contributed by atoms with Gasteiger partial charge in [0.25, 0.3) is 5.91 Å².